The molecule has 1 atom stereocenters. The van der Waals surface area contributed by atoms with Crippen molar-refractivity contribution in [2.75, 3.05) is 11.4 Å². The molecule has 1 aromatic heterocycles. The third-order valence-corrected chi connectivity index (χ3v) is 6.51. The maximum absolute atomic E-state index is 12.8. The average Bonchev–Trinajstić information content (AvgIpc) is 3.34. The molecule has 0 N–H and O–H groups in total. The van der Waals surface area contributed by atoms with E-state index in [0.717, 1.165) is 23.6 Å². The topological polar surface area (TPSA) is 38.1 Å². The lowest BCUT2D eigenvalue weighted by atomic mass is 10.1. The van der Waals surface area contributed by atoms with Crippen molar-refractivity contribution in [1.82, 2.24) is 9.55 Å². The first-order chi connectivity index (χ1) is 15.2. The number of nitrogens with zero attached hydrogens (tertiary/aromatic N) is 3. The van der Waals surface area contributed by atoms with Gasteiger partial charge >= 0.3 is 0 Å². The molecule has 2 aromatic carbocycles. The molecule has 0 bridgehead atoms. The summed E-state index contributed by atoms with van der Waals surface area (Å²) in [6.45, 7) is 6.03. The largest absolute Gasteiger partial charge is 0.328 e. The first-order valence-corrected chi connectivity index (χ1v) is 12.0. The summed E-state index contributed by atoms with van der Waals surface area (Å²) in [7, 11) is 0. The Morgan fingerprint density at radius 1 is 0.935 bits per heavy atom. The SMILES string of the molecule is CCCCCCCCCn1c([C@@H]2CC(=O)N(c3ccc(C)cc3)C2)nc2ccccc21. The maximum atomic E-state index is 12.8. The minimum absolute atomic E-state index is 0.144. The van der Waals surface area contributed by atoms with Crippen molar-refractivity contribution in [2.24, 2.45) is 0 Å². The van der Waals surface area contributed by atoms with Crippen molar-refractivity contribution in [3.05, 3.63) is 59.9 Å². The summed E-state index contributed by atoms with van der Waals surface area (Å²) in [5.74, 6) is 1.42. The van der Waals surface area contributed by atoms with Gasteiger partial charge in [0, 0.05) is 31.1 Å². The lowest BCUT2D eigenvalue weighted by Crippen LogP contribution is -2.24. The fourth-order valence-corrected chi connectivity index (χ4v) is 4.72. The van der Waals surface area contributed by atoms with E-state index in [2.05, 4.69) is 66.9 Å². The molecule has 31 heavy (non-hydrogen) atoms. The molecule has 3 aromatic rings. The Bertz CT molecular complexity index is 1000. The van der Waals surface area contributed by atoms with E-state index in [0.29, 0.717) is 13.0 Å². The van der Waals surface area contributed by atoms with Crippen LogP contribution >= 0.6 is 0 Å². The zero-order valence-corrected chi connectivity index (χ0v) is 19.0. The van der Waals surface area contributed by atoms with Crippen LogP contribution in [0.25, 0.3) is 11.0 Å². The highest BCUT2D eigenvalue weighted by Gasteiger charge is 2.34. The number of carbonyl (C=O) groups is 1. The van der Waals surface area contributed by atoms with Crippen LogP contribution in [0, 0.1) is 6.92 Å². The minimum atomic E-state index is 0.144. The molecule has 4 heteroatoms. The highest BCUT2D eigenvalue weighted by atomic mass is 16.2. The molecule has 0 radical (unpaired) electrons. The number of hydrogen-bond acceptors (Lipinski definition) is 2. The quantitative estimate of drug-likeness (QED) is 0.348. The van der Waals surface area contributed by atoms with Gasteiger partial charge in [-0.2, -0.15) is 0 Å². The Morgan fingerprint density at radius 2 is 1.65 bits per heavy atom. The van der Waals surface area contributed by atoms with E-state index in [1.54, 1.807) is 0 Å². The first kappa shape index (κ1) is 21.6. The Morgan fingerprint density at radius 3 is 2.42 bits per heavy atom. The molecule has 1 fully saturated rings. The molecule has 2 heterocycles. The molecule has 1 aliphatic rings. The van der Waals surface area contributed by atoms with Crippen LogP contribution in [-0.2, 0) is 11.3 Å². The number of benzene rings is 2. The standard InChI is InChI=1S/C27H35N3O/c1-3-4-5-6-7-8-11-18-29-25-13-10-9-12-24(25)28-27(29)22-19-26(31)30(20-22)23-16-14-21(2)15-17-23/h9-10,12-17,22H,3-8,11,18-20H2,1-2H3/t22-/m1/s1. The molecule has 0 aliphatic carbocycles. The van der Waals surface area contributed by atoms with E-state index in [9.17, 15) is 4.79 Å². The van der Waals surface area contributed by atoms with Gasteiger partial charge in [-0.05, 0) is 37.6 Å². The summed E-state index contributed by atoms with van der Waals surface area (Å²) in [4.78, 5) is 19.8. The number of amides is 1. The van der Waals surface area contributed by atoms with Crippen LogP contribution in [-0.4, -0.2) is 22.0 Å². The van der Waals surface area contributed by atoms with Crippen LogP contribution in [0.3, 0.4) is 0 Å². The van der Waals surface area contributed by atoms with Gasteiger partial charge in [-0.1, -0.05) is 75.3 Å². The third-order valence-electron chi connectivity index (χ3n) is 6.51. The molecule has 4 rings (SSSR count). The summed E-state index contributed by atoms with van der Waals surface area (Å²) in [5.41, 5.74) is 4.45. The lowest BCUT2D eigenvalue weighted by molar-refractivity contribution is -0.117. The van der Waals surface area contributed by atoms with Crippen molar-refractivity contribution < 1.29 is 4.79 Å². The van der Waals surface area contributed by atoms with Crippen molar-refractivity contribution in [2.45, 2.75) is 77.7 Å². The monoisotopic (exact) mass is 417 g/mol. The fraction of sp³-hybridized carbons (Fsp3) is 0.481. The summed E-state index contributed by atoms with van der Waals surface area (Å²) in [6, 6.07) is 16.7. The van der Waals surface area contributed by atoms with Gasteiger partial charge in [0.1, 0.15) is 5.82 Å². The number of para-hydroxylation sites is 2. The maximum Gasteiger partial charge on any atom is 0.227 e. The van der Waals surface area contributed by atoms with Crippen LogP contribution in [0.4, 0.5) is 5.69 Å². The molecule has 1 aliphatic heterocycles. The Labute approximate surface area is 186 Å². The molecular formula is C27H35N3O. The molecule has 4 nitrogen and oxygen atoms in total. The van der Waals surface area contributed by atoms with Crippen LogP contribution < -0.4 is 4.90 Å². The molecule has 1 saturated heterocycles. The van der Waals surface area contributed by atoms with Gasteiger partial charge in [0.25, 0.3) is 0 Å². The molecular weight excluding hydrogens is 382 g/mol. The predicted molar refractivity (Wildman–Crippen MR) is 129 cm³/mol. The van der Waals surface area contributed by atoms with E-state index in [1.165, 1.54) is 56.0 Å². The Hall–Kier alpha value is -2.62. The van der Waals surface area contributed by atoms with Gasteiger partial charge in [0.2, 0.25) is 5.91 Å². The zero-order chi connectivity index (χ0) is 21.6. The number of hydrogen-bond donors (Lipinski definition) is 0. The van der Waals surface area contributed by atoms with Crippen LogP contribution in [0.15, 0.2) is 48.5 Å². The predicted octanol–water partition coefficient (Wildman–Crippen LogP) is 6.62. The smallest absolute Gasteiger partial charge is 0.227 e. The summed E-state index contributed by atoms with van der Waals surface area (Å²) in [6.07, 6.45) is 9.62. The average molecular weight is 418 g/mol. The molecule has 164 valence electrons. The van der Waals surface area contributed by atoms with Crippen molar-refractivity contribution in [3.8, 4) is 0 Å². The highest BCUT2D eigenvalue weighted by molar-refractivity contribution is 5.96. The van der Waals surface area contributed by atoms with E-state index < -0.39 is 0 Å². The number of carbonyl (C=O) groups excluding carboxylic acids is 1. The van der Waals surface area contributed by atoms with E-state index in [1.807, 2.05) is 4.90 Å². The minimum Gasteiger partial charge on any atom is -0.328 e. The van der Waals surface area contributed by atoms with Crippen LogP contribution in [0.2, 0.25) is 0 Å². The second-order valence-electron chi connectivity index (χ2n) is 8.97. The van der Waals surface area contributed by atoms with Crippen molar-refractivity contribution in [1.29, 1.82) is 0 Å². The van der Waals surface area contributed by atoms with Gasteiger partial charge in [0.05, 0.1) is 11.0 Å². The van der Waals surface area contributed by atoms with E-state index in [4.69, 9.17) is 4.98 Å². The number of unbranched alkanes of at least 4 members (excludes halogenated alkanes) is 6. The van der Waals surface area contributed by atoms with Gasteiger partial charge in [-0.25, -0.2) is 4.98 Å². The first-order valence-electron chi connectivity index (χ1n) is 12.0. The Balaban J connectivity index is 1.49. The molecule has 0 saturated carbocycles. The summed E-state index contributed by atoms with van der Waals surface area (Å²) in [5, 5.41) is 0. The van der Waals surface area contributed by atoms with Gasteiger partial charge < -0.3 is 9.47 Å². The summed E-state index contributed by atoms with van der Waals surface area (Å²) >= 11 is 0. The van der Waals surface area contributed by atoms with E-state index in [-0.39, 0.29) is 11.8 Å². The van der Waals surface area contributed by atoms with Crippen LogP contribution in [0.5, 0.6) is 0 Å². The molecule has 1 amide bonds. The second-order valence-corrected chi connectivity index (χ2v) is 8.97. The van der Waals surface area contributed by atoms with E-state index >= 15 is 0 Å². The normalized spacial score (nSPS) is 16.5. The van der Waals surface area contributed by atoms with Crippen molar-refractivity contribution in [3.63, 3.8) is 0 Å². The van der Waals surface area contributed by atoms with Crippen molar-refractivity contribution >= 4 is 22.6 Å². The van der Waals surface area contributed by atoms with Crippen LogP contribution in [0.1, 0.15) is 75.6 Å². The van der Waals surface area contributed by atoms with Gasteiger partial charge in [0.15, 0.2) is 0 Å². The number of anilines is 1. The number of aryl methyl sites for hydroxylation is 2. The molecule has 0 unspecified atom stereocenters. The van der Waals surface area contributed by atoms with Gasteiger partial charge in [-0.3, -0.25) is 4.79 Å². The number of fused-ring (bicyclic) bond motifs is 1. The van der Waals surface area contributed by atoms with Gasteiger partial charge in [-0.15, -0.1) is 0 Å². The third kappa shape index (κ3) is 5.00. The second kappa shape index (κ2) is 10.1. The highest BCUT2D eigenvalue weighted by Crippen LogP contribution is 2.33. The fourth-order valence-electron chi connectivity index (χ4n) is 4.72. The number of rotatable bonds is 10. The Kier molecular flexibility index (Phi) is 7.06. The lowest BCUT2D eigenvalue weighted by Gasteiger charge is -2.17. The number of imidazole rings is 1. The zero-order valence-electron chi connectivity index (χ0n) is 19.0. The molecule has 0 spiro atoms. The number of aromatic nitrogens is 2. The summed E-state index contributed by atoms with van der Waals surface area (Å²) < 4.78 is 2.39.